The Hall–Kier alpha value is -2.08. The number of halogens is 34. The second-order valence-corrected chi connectivity index (χ2v) is 16.8. The number of alkyl halides is 34. The maximum Gasteiger partial charge on any atom is 0.460 e. The lowest BCUT2D eigenvalue weighted by molar-refractivity contribution is -0.461. The van der Waals surface area contributed by atoms with Gasteiger partial charge in [0, 0.05) is 12.8 Å². The summed E-state index contributed by atoms with van der Waals surface area (Å²) in [4.78, 5) is 18.8. The Morgan fingerprint density at radius 3 is 0.646 bits per heavy atom. The SMILES string of the molecule is O=P(O)(CP(=O)(O)OCCCC(F)(F)C(F)(F)C(F)(F)C(F)(F)C(F)(F)C(F)(F)C(F)(F)C(F)(F)F)OCCCC(F)(F)C(F)(F)C(F)(F)C(F)(F)C(F)(F)C(F)(F)C(F)(F)C(F)(F)F. The molecule has 0 heterocycles. The van der Waals surface area contributed by atoms with Crippen LogP contribution in [0.2, 0.25) is 0 Å². The average Bonchev–Trinajstić information content (AvgIpc) is 3.06. The van der Waals surface area contributed by atoms with Gasteiger partial charge in [-0.1, -0.05) is 0 Å². The van der Waals surface area contributed by atoms with Crippen LogP contribution in [0.3, 0.4) is 0 Å². The fraction of sp³-hybridized carbons (Fsp3) is 1.00. The third-order valence-electron chi connectivity index (χ3n) is 7.79. The molecule has 0 bridgehead atoms. The molecule has 0 saturated heterocycles. The lowest BCUT2D eigenvalue weighted by atomic mass is 9.88. The molecule has 2 unspecified atom stereocenters. The Morgan fingerprint density at radius 1 is 0.292 bits per heavy atom. The van der Waals surface area contributed by atoms with E-state index in [0.717, 1.165) is 0 Å². The van der Waals surface area contributed by atoms with Crippen LogP contribution in [0.25, 0.3) is 0 Å². The molecular formula is C23H16F34O6P2. The van der Waals surface area contributed by atoms with Crippen LogP contribution < -0.4 is 0 Å². The quantitative estimate of drug-likeness (QED) is 0.0568. The monoisotopic (exact) mass is 1100 g/mol. The molecule has 0 aromatic rings. The van der Waals surface area contributed by atoms with Crippen LogP contribution in [0.4, 0.5) is 149 Å². The van der Waals surface area contributed by atoms with Crippen molar-refractivity contribution in [3.63, 3.8) is 0 Å². The van der Waals surface area contributed by atoms with E-state index in [9.17, 15) is 168 Å². The highest BCUT2D eigenvalue weighted by Gasteiger charge is 2.96. The zero-order valence-corrected chi connectivity index (χ0v) is 31.0. The summed E-state index contributed by atoms with van der Waals surface area (Å²) in [6, 6.07) is 0. The van der Waals surface area contributed by atoms with Gasteiger partial charge in [0.05, 0.1) is 13.2 Å². The van der Waals surface area contributed by atoms with Crippen molar-refractivity contribution in [2.24, 2.45) is 0 Å². The molecule has 0 radical (unpaired) electrons. The minimum absolute atomic E-state index is 2.23. The van der Waals surface area contributed by atoms with E-state index in [4.69, 9.17) is 0 Å². The third kappa shape index (κ3) is 10.2. The predicted octanol–water partition coefficient (Wildman–Crippen LogP) is 12.9. The first-order chi connectivity index (χ1) is 27.6. The van der Waals surface area contributed by atoms with E-state index < -0.39 is 155 Å². The number of hydrogen-bond donors (Lipinski definition) is 2. The summed E-state index contributed by atoms with van der Waals surface area (Å²) in [5.41, 5.74) is 0. The Labute approximate surface area is 333 Å². The first kappa shape index (κ1) is 62.9. The fourth-order valence-corrected chi connectivity index (χ4v) is 7.31. The smallest absolute Gasteiger partial charge is 0.324 e. The van der Waals surface area contributed by atoms with Gasteiger partial charge in [-0.2, -0.15) is 149 Å². The maximum absolute atomic E-state index is 13.9. The summed E-state index contributed by atoms with van der Waals surface area (Å²) in [6.07, 6.45) is -27.3. The van der Waals surface area contributed by atoms with Crippen LogP contribution in [0.15, 0.2) is 0 Å². The van der Waals surface area contributed by atoms with Crippen LogP contribution in [-0.2, 0) is 18.2 Å². The van der Waals surface area contributed by atoms with Crippen molar-refractivity contribution in [2.45, 2.75) is 121 Å². The minimum Gasteiger partial charge on any atom is -0.324 e. The molecule has 0 aromatic carbocycles. The van der Waals surface area contributed by atoms with Crippen LogP contribution in [0.1, 0.15) is 25.7 Å². The van der Waals surface area contributed by atoms with Gasteiger partial charge in [0.1, 0.15) is 0 Å². The summed E-state index contributed by atoms with van der Waals surface area (Å²) in [6.45, 7) is -4.46. The van der Waals surface area contributed by atoms with Gasteiger partial charge in [-0.3, -0.25) is 9.13 Å². The van der Waals surface area contributed by atoms with Gasteiger partial charge in [-0.25, -0.2) is 0 Å². The Kier molecular flexibility index (Phi) is 16.8. The van der Waals surface area contributed by atoms with Crippen molar-refractivity contribution in [1.82, 2.24) is 0 Å². The van der Waals surface area contributed by atoms with Crippen molar-refractivity contribution in [2.75, 3.05) is 19.1 Å². The standard InChI is InChI=1S/C23H16F34O6P2/c24-8(25,10(28,29)12(32,33)14(36,37)16(40,41)18(44,45)20(48,49)22(52,53)54)3-1-5-62-64(58,59)7-65(60,61)63-6-2-4-9(26,27)11(30,31)13(34,35)15(38,39)17(42,43)19(46,47)21(50,51)23(55,56)57/h1-7H2,(H,58,59)(H,60,61). The normalized spacial score (nSPS) is 18.2. The third-order valence-corrected chi connectivity index (χ3v) is 11.8. The average molecular weight is 1100 g/mol. The van der Waals surface area contributed by atoms with Crippen molar-refractivity contribution < 1.29 is 177 Å². The second-order valence-electron chi connectivity index (χ2n) is 12.6. The van der Waals surface area contributed by atoms with E-state index in [1.807, 2.05) is 0 Å². The first-order valence-electron chi connectivity index (χ1n) is 15.0. The highest BCUT2D eigenvalue weighted by atomic mass is 31.2. The maximum atomic E-state index is 13.9. The highest BCUT2D eigenvalue weighted by Crippen LogP contribution is 2.67. The van der Waals surface area contributed by atoms with Crippen molar-refractivity contribution in [3.05, 3.63) is 0 Å². The largest absolute Gasteiger partial charge is 0.460 e. The Bertz CT molecular complexity index is 1630. The number of hydrogen-bond acceptors (Lipinski definition) is 4. The Balaban J connectivity index is 5.93. The van der Waals surface area contributed by atoms with E-state index in [-0.39, 0.29) is 0 Å². The van der Waals surface area contributed by atoms with Gasteiger partial charge in [0.15, 0.2) is 5.90 Å². The molecule has 0 fully saturated rings. The molecule has 0 aliphatic carbocycles. The summed E-state index contributed by atoms with van der Waals surface area (Å²) in [5, 5.41) is 0. The van der Waals surface area contributed by atoms with E-state index >= 15 is 0 Å². The molecule has 0 saturated carbocycles. The molecular weight excluding hydrogens is 1080 g/mol. The first-order valence-corrected chi connectivity index (χ1v) is 18.5. The van der Waals surface area contributed by atoms with Crippen molar-refractivity contribution in [3.8, 4) is 0 Å². The van der Waals surface area contributed by atoms with Gasteiger partial charge in [-0.05, 0) is 12.8 Å². The van der Waals surface area contributed by atoms with Gasteiger partial charge in [-0.15, -0.1) is 0 Å². The van der Waals surface area contributed by atoms with Gasteiger partial charge < -0.3 is 18.8 Å². The molecule has 0 rings (SSSR count). The fourth-order valence-electron chi connectivity index (χ4n) is 4.02. The van der Waals surface area contributed by atoms with Crippen LogP contribution in [-0.4, -0.2) is 124 Å². The summed E-state index contributed by atoms with van der Waals surface area (Å²) >= 11 is 0. The van der Waals surface area contributed by atoms with Crippen LogP contribution in [0.5, 0.6) is 0 Å². The molecule has 0 aliphatic heterocycles. The van der Waals surface area contributed by atoms with Crippen LogP contribution >= 0.6 is 15.2 Å². The molecule has 2 atom stereocenters. The minimum atomic E-state index is -8.99. The topological polar surface area (TPSA) is 93.1 Å². The highest BCUT2D eigenvalue weighted by molar-refractivity contribution is 7.70. The summed E-state index contributed by atoms with van der Waals surface area (Å²) in [5.74, 6) is -121. The van der Waals surface area contributed by atoms with E-state index in [1.165, 1.54) is 0 Å². The van der Waals surface area contributed by atoms with E-state index in [2.05, 4.69) is 9.05 Å². The molecule has 0 spiro atoms. The second kappa shape index (κ2) is 17.4. The van der Waals surface area contributed by atoms with Gasteiger partial charge in [0.25, 0.3) is 0 Å². The van der Waals surface area contributed by atoms with E-state index in [1.54, 1.807) is 0 Å². The van der Waals surface area contributed by atoms with Gasteiger partial charge >= 0.3 is 110 Å². The summed E-state index contributed by atoms with van der Waals surface area (Å²) in [7, 11) is -12.3. The Morgan fingerprint density at radius 2 is 0.462 bits per heavy atom. The zero-order valence-electron chi connectivity index (χ0n) is 29.2. The van der Waals surface area contributed by atoms with Crippen molar-refractivity contribution >= 4 is 15.2 Å². The molecule has 65 heavy (non-hydrogen) atoms. The molecule has 0 aliphatic rings. The number of rotatable bonds is 24. The lowest BCUT2D eigenvalue weighted by Crippen LogP contribution is -2.74. The molecule has 392 valence electrons. The van der Waals surface area contributed by atoms with Crippen LogP contribution in [0, 0.1) is 0 Å². The lowest BCUT2D eigenvalue weighted by Gasteiger charge is -2.42. The molecule has 0 amide bonds. The molecule has 0 aromatic heterocycles. The van der Waals surface area contributed by atoms with Crippen molar-refractivity contribution in [1.29, 1.82) is 0 Å². The summed E-state index contributed by atoms with van der Waals surface area (Å²) < 4.78 is 484. The molecule has 42 heteroatoms. The van der Waals surface area contributed by atoms with Gasteiger partial charge in [0.2, 0.25) is 0 Å². The van der Waals surface area contributed by atoms with E-state index in [0.29, 0.717) is 0 Å². The molecule has 6 nitrogen and oxygen atoms in total. The predicted molar refractivity (Wildman–Crippen MR) is 136 cm³/mol. The zero-order chi connectivity index (χ0) is 53.4. The molecule has 2 N–H and O–H groups in total.